The van der Waals surface area contributed by atoms with Crippen LogP contribution in [0.25, 0.3) is 11.0 Å². The van der Waals surface area contributed by atoms with Gasteiger partial charge in [-0.25, -0.2) is 4.98 Å². The first-order valence-electron chi connectivity index (χ1n) is 3.78. The number of hydrogen-bond acceptors (Lipinski definition) is 1. The van der Waals surface area contributed by atoms with Crippen molar-refractivity contribution in [3.8, 4) is 0 Å². The van der Waals surface area contributed by atoms with Crippen LogP contribution in [0.4, 0.5) is 0 Å². The van der Waals surface area contributed by atoms with Crippen LogP contribution in [0, 0.1) is 0 Å². The Hall–Kier alpha value is -1.02. The van der Waals surface area contributed by atoms with Gasteiger partial charge in [0.15, 0.2) is 0 Å². The molecule has 2 aromatic heterocycles. The zero-order valence-electron chi connectivity index (χ0n) is 6.79. The molecular weight excluding hydrogens is 172 g/mol. The minimum absolute atomic E-state index is 0.473. The molecule has 2 heterocycles. The highest BCUT2D eigenvalue weighted by atomic mass is 35.5. The van der Waals surface area contributed by atoms with Gasteiger partial charge in [-0.15, -0.1) is 11.6 Å². The molecule has 2 rings (SSSR count). The van der Waals surface area contributed by atoms with E-state index in [0.717, 1.165) is 16.7 Å². The Morgan fingerprint density at radius 2 is 2.25 bits per heavy atom. The van der Waals surface area contributed by atoms with Crippen LogP contribution in [0.15, 0.2) is 24.4 Å². The van der Waals surface area contributed by atoms with E-state index >= 15 is 0 Å². The maximum Gasteiger partial charge on any atom is 0.139 e. The first-order valence-corrected chi connectivity index (χ1v) is 4.31. The van der Waals surface area contributed by atoms with Gasteiger partial charge in [0.1, 0.15) is 5.65 Å². The van der Waals surface area contributed by atoms with E-state index in [9.17, 15) is 0 Å². The zero-order valence-corrected chi connectivity index (χ0v) is 7.54. The summed E-state index contributed by atoms with van der Waals surface area (Å²) in [4.78, 5) is 4.38. The molecule has 0 atom stereocenters. The molecule has 0 unspecified atom stereocenters. The Morgan fingerprint density at radius 3 is 3.00 bits per heavy atom. The summed E-state index contributed by atoms with van der Waals surface area (Å²) in [5, 5.41) is 1.16. The van der Waals surface area contributed by atoms with Crippen molar-refractivity contribution in [3.05, 3.63) is 30.1 Å². The highest BCUT2D eigenvalue weighted by molar-refractivity contribution is 6.16. The van der Waals surface area contributed by atoms with Crippen LogP contribution in [0.5, 0.6) is 0 Å². The average Bonchev–Trinajstić information content (AvgIpc) is 2.47. The molecular formula is C9H9ClN2. The molecule has 0 amide bonds. The van der Waals surface area contributed by atoms with E-state index in [-0.39, 0.29) is 0 Å². The second-order valence-electron chi connectivity index (χ2n) is 2.78. The molecule has 0 aliphatic heterocycles. The van der Waals surface area contributed by atoms with Crippen LogP contribution < -0.4 is 0 Å². The van der Waals surface area contributed by atoms with Crippen molar-refractivity contribution in [1.29, 1.82) is 0 Å². The first-order chi connectivity index (χ1) is 5.81. The number of fused-ring (bicyclic) bond motifs is 1. The molecule has 2 aromatic rings. The monoisotopic (exact) mass is 180 g/mol. The van der Waals surface area contributed by atoms with E-state index < -0.39 is 0 Å². The highest BCUT2D eigenvalue weighted by Gasteiger charge is 1.99. The zero-order chi connectivity index (χ0) is 8.55. The van der Waals surface area contributed by atoms with E-state index in [1.807, 2.05) is 36.0 Å². The van der Waals surface area contributed by atoms with Crippen LogP contribution >= 0.6 is 11.6 Å². The van der Waals surface area contributed by atoms with Crippen molar-refractivity contribution >= 4 is 22.6 Å². The molecule has 0 bridgehead atoms. The topological polar surface area (TPSA) is 17.8 Å². The van der Waals surface area contributed by atoms with Crippen molar-refractivity contribution in [3.63, 3.8) is 0 Å². The summed E-state index contributed by atoms with van der Waals surface area (Å²) in [7, 11) is 1.98. The molecule has 62 valence electrons. The van der Waals surface area contributed by atoms with E-state index in [1.165, 1.54) is 0 Å². The molecule has 0 aliphatic rings. The number of alkyl halides is 1. The fraction of sp³-hybridized carbons (Fsp3) is 0.222. The van der Waals surface area contributed by atoms with Crippen molar-refractivity contribution < 1.29 is 0 Å². The molecule has 0 spiro atoms. The Kier molecular flexibility index (Phi) is 1.77. The van der Waals surface area contributed by atoms with Gasteiger partial charge in [0.2, 0.25) is 0 Å². The van der Waals surface area contributed by atoms with Gasteiger partial charge in [0, 0.05) is 18.6 Å². The lowest BCUT2D eigenvalue weighted by Crippen LogP contribution is -1.90. The summed E-state index contributed by atoms with van der Waals surface area (Å²) >= 11 is 5.67. The number of pyridine rings is 1. The first kappa shape index (κ1) is 7.62. The minimum atomic E-state index is 0.473. The molecule has 0 fully saturated rings. The van der Waals surface area contributed by atoms with Crippen molar-refractivity contribution in [2.45, 2.75) is 5.88 Å². The predicted octanol–water partition coefficient (Wildman–Crippen LogP) is 2.31. The van der Waals surface area contributed by atoms with Gasteiger partial charge in [-0.05, 0) is 18.2 Å². The van der Waals surface area contributed by atoms with Crippen molar-refractivity contribution in [2.24, 2.45) is 7.05 Å². The highest BCUT2D eigenvalue weighted by Crippen LogP contribution is 2.13. The molecule has 0 aromatic carbocycles. The molecule has 2 nitrogen and oxygen atoms in total. The maximum absolute atomic E-state index is 5.67. The maximum atomic E-state index is 5.67. The SMILES string of the molecule is Cn1ccc2ccc(CCl)nc21. The van der Waals surface area contributed by atoms with Gasteiger partial charge in [0.05, 0.1) is 11.6 Å². The van der Waals surface area contributed by atoms with Crippen LogP contribution in [0.2, 0.25) is 0 Å². The molecule has 0 radical (unpaired) electrons. The molecule has 12 heavy (non-hydrogen) atoms. The fourth-order valence-electron chi connectivity index (χ4n) is 1.25. The van der Waals surface area contributed by atoms with E-state index in [2.05, 4.69) is 4.98 Å². The smallest absolute Gasteiger partial charge is 0.139 e. The Labute approximate surface area is 75.8 Å². The standard InChI is InChI=1S/C9H9ClN2/c1-12-5-4-7-2-3-8(6-10)11-9(7)12/h2-5H,6H2,1H3. The number of halogens is 1. The second kappa shape index (κ2) is 2.79. The van der Waals surface area contributed by atoms with E-state index in [0.29, 0.717) is 5.88 Å². The third kappa shape index (κ3) is 1.08. The van der Waals surface area contributed by atoms with Crippen LogP contribution in [0.3, 0.4) is 0 Å². The normalized spacial score (nSPS) is 10.8. The summed E-state index contributed by atoms with van der Waals surface area (Å²) in [6.45, 7) is 0. The van der Waals surface area contributed by atoms with Gasteiger partial charge in [-0.2, -0.15) is 0 Å². The van der Waals surface area contributed by atoms with Gasteiger partial charge in [0.25, 0.3) is 0 Å². The Bertz CT molecular complexity index is 406. The van der Waals surface area contributed by atoms with Gasteiger partial charge in [-0.1, -0.05) is 0 Å². The lowest BCUT2D eigenvalue weighted by molar-refractivity contribution is 0.942. The molecule has 0 saturated heterocycles. The number of nitrogens with zero attached hydrogens (tertiary/aromatic N) is 2. The van der Waals surface area contributed by atoms with Crippen LogP contribution in [0.1, 0.15) is 5.69 Å². The van der Waals surface area contributed by atoms with Crippen molar-refractivity contribution in [1.82, 2.24) is 9.55 Å². The number of rotatable bonds is 1. The molecule has 3 heteroatoms. The number of aryl methyl sites for hydroxylation is 1. The van der Waals surface area contributed by atoms with Gasteiger partial charge in [-0.3, -0.25) is 0 Å². The lowest BCUT2D eigenvalue weighted by atomic mass is 10.3. The van der Waals surface area contributed by atoms with Crippen LogP contribution in [-0.2, 0) is 12.9 Å². The average molecular weight is 181 g/mol. The summed E-state index contributed by atoms with van der Waals surface area (Å²) in [5.41, 5.74) is 1.92. The molecule has 0 saturated carbocycles. The largest absolute Gasteiger partial charge is 0.336 e. The summed E-state index contributed by atoms with van der Waals surface area (Å²) in [5.74, 6) is 0.473. The molecule has 0 aliphatic carbocycles. The van der Waals surface area contributed by atoms with E-state index in [4.69, 9.17) is 11.6 Å². The van der Waals surface area contributed by atoms with Crippen molar-refractivity contribution in [2.75, 3.05) is 0 Å². The second-order valence-corrected chi connectivity index (χ2v) is 3.04. The van der Waals surface area contributed by atoms with Gasteiger partial charge >= 0.3 is 0 Å². The Morgan fingerprint density at radius 1 is 1.42 bits per heavy atom. The third-order valence-electron chi connectivity index (χ3n) is 1.91. The van der Waals surface area contributed by atoms with Crippen LogP contribution in [-0.4, -0.2) is 9.55 Å². The van der Waals surface area contributed by atoms with E-state index in [1.54, 1.807) is 0 Å². The lowest BCUT2D eigenvalue weighted by Gasteiger charge is -1.97. The quantitative estimate of drug-likeness (QED) is 0.616. The number of aromatic nitrogens is 2. The fourth-order valence-corrected chi connectivity index (χ4v) is 1.40. The minimum Gasteiger partial charge on any atom is -0.336 e. The number of hydrogen-bond donors (Lipinski definition) is 0. The summed E-state index contributed by atoms with van der Waals surface area (Å²) in [6.07, 6.45) is 2.00. The van der Waals surface area contributed by atoms with Gasteiger partial charge < -0.3 is 4.57 Å². The molecule has 0 N–H and O–H groups in total. The predicted molar refractivity (Wildman–Crippen MR) is 50.3 cm³/mol. The Balaban J connectivity index is 2.71. The summed E-state index contributed by atoms with van der Waals surface area (Å²) < 4.78 is 1.99. The summed E-state index contributed by atoms with van der Waals surface area (Å²) in [6, 6.07) is 6.04. The third-order valence-corrected chi connectivity index (χ3v) is 2.19.